The molecule has 1 aromatic rings. The van der Waals surface area contributed by atoms with E-state index in [2.05, 4.69) is 54.5 Å². The van der Waals surface area contributed by atoms with Gasteiger partial charge in [-0.05, 0) is 60.4 Å². The standard InChI is InChI=1S/C15H24/c1-9(2)14-8-11(5)12(6)13(7)15(14)10(3)4/h8-10H,1-7H3. The maximum absolute atomic E-state index is 2.38. The van der Waals surface area contributed by atoms with Gasteiger partial charge in [-0.3, -0.25) is 0 Å². The molecule has 0 saturated heterocycles. The number of hydrogen-bond donors (Lipinski definition) is 0. The van der Waals surface area contributed by atoms with E-state index in [0.717, 1.165) is 0 Å². The summed E-state index contributed by atoms with van der Waals surface area (Å²) in [7, 11) is 0. The summed E-state index contributed by atoms with van der Waals surface area (Å²) in [5.74, 6) is 1.25. The van der Waals surface area contributed by atoms with E-state index in [0.29, 0.717) is 11.8 Å². The van der Waals surface area contributed by atoms with Crippen LogP contribution in [0.1, 0.15) is 67.3 Å². The van der Waals surface area contributed by atoms with E-state index in [-0.39, 0.29) is 0 Å². The van der Waals surface area contributed by atoms with E-state index in [9.17, 15) is 0 Å². The fraction of sp³-hybridized carbons (Fsp3) is 0.600. The predicted molar refractivity (Wildman–Crippen MR) is 68.8 cm³/mol. The van der Waals surface area contributed by atoms with Crippen molar-refractivity contribution < 1.29 is 0 Å². The van der Waals surface area contributed by atoms with Crippen LogP contribution in [-0.4, -0.2) is 0 Å². The van der Waals surface area contributed by atoms with Crippen molar-refractivity contribution in [3.8, 4) is 0 Å². The van der Waals surface area contributed by atoms with Crippen molar-refractivity contribution in [2.75, 3.05) is 0 Å². The molecule has 0 unspecified atom stereocenters. The SMILES string of the molecule is Cc1cc(C(C)C)c(C(C)C)c(C)c1C. The zero-order chi connectivity index (χ0) is 11.7. The Morgan fingerprint density at radius 1 is 0.800 bits per heavy atom. The Hall–Kier alpha value is -0.780. The Labute approximate surface area is 94.7 Å². The van der Waals surface area contributed by atoms with Crippen LogP contribution in [0.5, 0.6) is 0 Å². The quantitative estimate of drug-likeness (QED) is 0.645. The van der Waals surface area contributed by atoms with Gasteiger partial charge in [0.05, 0.1) is 0 Å². The highest BCUT2D eigenvalue weighted by Gasteiger charge is 2.15. The molecule has 0 N–H and O–H groups in total. The monoisotopic (exact) mass is 204 g/mol. The minimum Gasteiger partial charge on any atom is -0.0587 e. The van der Waals surface area contributed by atoms with Crippen LogP contribution in [0.2, 0.25) is 0 Å². The third-order valence-electron chi connectivity index (χ3n) is 3.44. The highest BCUT2D eigenvalue weighted by Crippen LogP contribution is 2.32. The topological polar surface area (TPSA) is 0 Å². The van der Waals surface area contributed by atoms with Gasteiger partial charge in [-0.2, -0.15) is 0 Å². The second-order valence-electron chi connectivity index (χ2n) is 5.26. The van der Waals surface area contributed by atoms with Crippen LogP contribution < -0.4 is 0 Å². The first kappa shape index (κ1) is 12.3. The van der Waals surface area contributed by atoms with Crippen molar-refractivity contribution in [3.63, 3.8) is 0 Å². The zero-order valence-corrected chi connectivity index (χ0v) is 11.2. The van der Waals surface area contributed by atoms with E-state index in [1.54, 1.807) is 5.56 Å². The third kappa shape index (κ3) is 2.25. The Kier molecular flexibility index (Phi) is 3.59. The van der Waals surface area contributed by atoms with Crippen molar-refractivity contribution in [1.29, 1.82) is 0 Å². The molecule has 1 aromatic carbocycles. The minimum absolute atomic E-state index is 0.625. The summed E-state index contributed by atoms with van der Waals surface area (Å²) in [6.07, 6.45) is 0. The van der Waals surface area contributed by atoms with Gasteiger partial charge in [0.2, 0.25) is 0 Å². The predicted octanol–water partition coefficient (Wildman–Crippen LogP) is 4.86. The Bertz CT molecular complexity index is 357. The molecule has 0 nitrogen and oxygen atoms in total. The molecular weight excluding hydrogens is 180 g/mol. The van der Waals surface area contributed by atoms with Crippen molar-refractivity contribution in [1.82, 2.24) is 0 Å². The number of aryl methyl sites for hydroxylation is 1. The van der Waals surface area contributed by atoms with Crippen molar-refractivity contribution in [2.24, 2.45) is 0 Å². The van der Waals surface area contributed by atoms with Crippen LogP contribution in [-0.2, 0) is 0 Å². The van der Waals surface area contributed by atoms with Gasteiger partial charge in [-0.1, -0.05) is 33.8 Å². The first-order valence-corrected chi connectivity index (χ1v) is 5.96. The average molecular weight is 204 g/mol. The molecule has 0 bridgehead atoms. The largest absolute Gasteiger partial charge is 0.0587 e. The summed E-state index contributed by atoms with van der Waals surface area (Å²) in [4.78, 5) is 0. The normalized spacial score (nSPS) is 11.5. The molecule has 0 amide bonds. The first-order valence-electron chi connectivity index (χ1n) is 5.96. The molecule has 0 aliphatic carbocycles. The van der Waals surface area contributed by atoms with E-state index in [1.807, 2.05) is 0 Å². The molecule has 0 fully saturated rings. The summed E-state index contributed by atoms with van der Waals surface area (Å²) < 4.78 is 0. The highest BCUT2D eigenvalue weighted by molar-refractivity contribution is 5.47. The Morgan fingerprint density at radius 2 is 1.33 bits per heavy atom. The maximum atomic E-state index is 2.38. The van der Waals surface area contributed by atoms with Crippen LogP contribution in [0.3, 0.4) is 0 Å². The molecule has 84 valence electrons. The van der Waals surface area contributed by atoms with Crippen molar-refractivity contribution in [3.05, 3.63) is 33.9 Å². The lowest BCUT2D eigenvalue weighted by molar-refractivity contribution is 0.779. The van der Waals surface area contributed by atoms with E-state index >= 15 is 0 Å². The highest BCUT2D eigenvalue weighted by atomic mass is 14.2. The van der Waals surface area contributed by atoms with Crippen molar-refractivity contribution in [2.45, 2.75) is 60.3 Å². The van der Waals surface area contributed by atoms with E-state index in [4.69, 9.17) is 0 Å². The first-order chi connectivity index (χ1) is 6.86. The Balaban J connectivity index is 3.51. The van der Waals surface area contributed by atoms with Crippen LogP contribution >= 0.6 is 0 Å². The van der Waals surface area contributed by atoms with Gasteiger partial charge >= 0.3 is 0 Å². The second kappa shape index (κ2) is 4.38. The summed E-state index contributed by atoms with van der Waals surface area (Å²) in [5, 5.41) is 0. The number of hydrogen-bond acceptors (Lipinski definition) is 0. The molecule has 0 aliphatic rings. The molecular formula is C15H24. The second-order valence-corrected chi connectivity index (χ2v) is 5.26. The molecule has 0 heteroatoms. The molecule has 0 saturated carbocycles. The molecule has 15 heavy (non-hydrogen) atoms. The molecule has 0 spiro atoms. The molecule has 0 heterocycles. The third-order valence-corrected chi connectivity index (χ3v) is 3.44. The molecule has 0 aliphatic heterocycles. The molecule has 0 radical (unpaired) electrons. The summed E-state index contributed by atoms with van der Waals surface area (Å²) in [6.45, 7) is 15.9. The van der Waals surface area contributed by atoms with Gasteiger partial charge in [-0.25, -0.2) is 0 Å². The van der Waals surface area contributed by atoms with Crippen LogP contribution in [0.25, 0.3) is 0 Å². The summed E-state index contributed by atoms with van der Waals surface area (Å²) in [5.41, 5.74) is 7.48. The maximum Gasteiger partial charge on any atom is -0.0213 e. The van der Waals surface area contributed by atoms with Gasteiger partial charge in [0, 0.05) is 0 Å². The van der Waals surface area contributed by atoms with Crippen molar-refractivity contribution >= 4 is 0 Å². The van der Waals surface area contributed by atoms with Gasteiger partial charge in [0.1, 0.15) is 0 Å². The average Bonchev–Trinajstić information content (AvgIpc) is 2.12. The van der Waals surface area contributed by atoms with Crippen LogP contribution in [0.15, 0.2) is 6.07 Å². The number of benzene rings is 1. The lowest BCUT2D eigenvalue weighted by Crippen LogP contribution is -2.05. The Morgan fingerprint density at radius 3 is 1.73 bits per heavy atom. The van der Waals surface area contributed by atoms with Gasteiger partial charge < -0.3 is 0 Å². The summed E-state index contributed by atoms with van der Waals surface area (Å²) >= 11 is 0. The van der Waals surface area contributed by atoms with E-state index in [1.165, 1.54) is 22.3 Å². The van der Waals surface area contributed by atoms with E-state index < -0.39 is 0 Å². The minimum atomic E-state index is 0.625. The van der Waals surface area contributed by atoms with Crippen LogP contribution in [0, 0.1) is 20.8 Å². The zero-order valence-electron chi connectivity index (χ0n) is 11.2. The van der Waals surface area contributed by atoms with Gasteiger partial charge in [0.15, 0.2) is 0 Å². The number of rotatable bonds is 2. The summed E-state index contributed by atoms with van der Waals surface area (Å²) in [6, 6.07) is 2.38. The fourth-order valence-electron chi connectivity index (χ4n) is 2.38. The fourth-order valence-corrected chi connectivity index (χ4v) is 2.38. The molecule has 1 rings (SSSR count). The van der Waals surface area contributed by atoms with Crippen LogP contribution in [0.4, 0.5) is 0 Å². The lowest BCUT2D eigenvalue weighted by Gasteiger charge is -2.22. The smallest absolute Gasteiger partial charge is 0.0213 e. The molecule has 0 aromatic heterocycles. The van der Waals surface area contributed by atoms with Gasteiger partial charge in [0.25, 0.3) is 0 Å². The lowest BCUT2D eigenvalue weighted by atomic mass is 9.83. The molecule has 0 atom stereocenters. The van der Waals surface area contributed by atoms with Gasteiger partial charge in [-0.15, -0.1) is 0 Å².